The molecule has 1 N–H and O–H groups in total. The normalized spacial score (nSPS) is 16.1. The third kappa shape index (κ3) is 6.97. The van der Waals surface area contributed by atoms with Gasteiger partial charge in [-0.15, -0.1) is 0 Å². The van der Waals surface area contributed by atoms with Crippen LogP contribution in [0.15, 0.2) is 73.3 Å². The first-order valence-electron chi connectivity index (χ1n) is 13.9. The van der Waals surface area contributed by atoms with Crippen LogP contribution in [0.2, 0.25) is 5.15 Å². The maximum absolute atomic E-state index is 13.4. The second kappa shape index (κ2) is 13.0. The van der Waals surface area contributed by atoms with Crippen molar-refractivity contribution in [1.82, 2.24) is 29.7 Å². The molecule has 13 heteroatoms. The van der Waals surface area contributed by atoms with Gasteiger partial charge in [0.25, 0.3) is 5.91 Å². The summed E-state index contributed by atoms with van der Waals surface area (Å²) in [4.78, 5) is 43.3. The van der Waals surface area contributed by atoms with E-state index >= 15 is 0 Å². The molecule has 1 fully saturated rings. The summed E-state index contributed by atoms with van der Waals surface area (Å²) in [5.41, 5.74) is 0.884. The number of benzene rings is 2. The minimum Gasteiger partial charge on any atom is -0.486 e. The van der Waals surface area contributed by atoms with Crippen LogP contribution < -0.4 is 24.4 Å². The molecule has 2 amide bonds. The molecule has 6 rings (SSSR count). The number of para-hydroxylation sites is 1. The van der Waals surface area contributed by atoms with Crippen molar-refractivity contribution in [2.45, 2.75) is 19.0 Å². The smallest absolute Gasteiger partial charge is 0.260 e. The van der Waals surface area contributed by atoms with E-state index in [0.29, 0.717) is 68.4 Å². The van der Waals surface area contributed by atoms with Crippen LogP contribution in [0.1, 0.15) is 12.0 Å². The average Bonchev–Trinajstić information content (AvgIpc) is 3.58. The van der Waals surface area contributed by atoms with Gasteiger partial charge in [0, 0.05) is 51.1 Å². The molecule has 1 unspecified atom stereocenters. The molecule has 0 aliphatic carbocycles. The molecule has 0 bridgehead atoms. The molecule has 2 aliphatic rings. The Balaban J connectivity index is 1.16. The summed E-state index contributed by atoms with van der Waals surface area (Å²) >= 11 is 6.36. The Morgan fingerprint density at radius 1 is 1.02 bits per heavy atom. The van der Waals surface area contributed by atoms with E-state index in [1.807, 2.05) is 41.3 Å². The summed E-state index contributed by atoms with van der Waals surface area (Å²) < 4.78 is 18.6. The van der Waals surface area contributed by atoms with Crippen molar-refractivity contribution < 1.29 is 23.8 Å². The molecule has 0 spiro atoms. The van der Waals surface area contributed by atoms with Crippen molar-refractivity contribution in [2.75, 3.05) is 44.4 Å². The Bertz CT molecular complexity index is 1570. The van der Waals surface area contributed by atoms with Gasteiger partial charge < -0.3 is 29.3 Å². The summed E-state index contributed by atoms with van der Waals surface area (Å²) in [6.45, 7) is 2.41. The van der Waals surface area contributed by atoms with E-state index in [9.17, 15) is 9.59 Å². The predicted octanol–water partition coefficient (Wildman–Crippen LogP) is 2.89. The zero-order valence-electron chi connectivity index (χ0n) is 23.3. The number of aromatic nitrogens is 4. The number of ether oxygens (including phenoxy) is 3. The van der Waals surface area contributed by atoms with E-state index < -0.39 is 6.04 Å². The highest BCUT2D eigenvalue weighted by Gasteiger charge is 2.33. The van der Waals surface area contributed by atoms with Gasteiger partial charge in [0.2, 0.25) is 11.9 Å². The summed E-state index contributed by atoms with van der Waals surface area (Å²) in [7, 11) is 0. The number of halogens is 1. The Labute approximate surface area is 253 Å². The Kier molecular flexibility index (Phi) is 8.55. The molecule has 2 aliphatic heterocycles. The standard InChI is InChI=1S/C30H30ClN7O5/c31-26-16-27(35-30(34-26)37-9-8-32-20-37)36-10-11-38(29(40)19-43-23-4-2-1-3-5-23)22(18-36)15-28(39)33-17-21-6-7-24-25(14-21)42-13-12-41-24/h1-9,14,16,20,22H,10-13,15,17-19H2,(H,33,39). The predicted molar refractivity (Wildman–Crippen MR) is 158 cm³/mol. The van der Waals surface area contributed by atoms with Crippen molar-refractivity contribution >= 4 is 29.2 Å². The maximum Gasteiger partial charge on any atom is 0.260 e. The quantitative estimate of drug-likeness (QED) is 0.288. The van der Waals surface area contributed by atoms with Crippen molar-refractivity contribution in [3.8, 4) is 23.2 Å². The fourth-order valence-corrected chi connectivity index (χ4v) is 5.22. The van der Waals surface area contributed by atoms with Crippen LogP contribution in [-0.2, 0) is 16.1 Å². The van der Waals surface area contributed by atoms with E-state index in [-0.39, 0.29) is 30.0 Å². The Morgan fingerprint density at radius 3 is 2.67 bits per heavy atom. The van der Waals surface area contributed by atoms with E-state index in [2.05, 4.69) is 20.3 Å². The van der Waals surface area contributed by atoms with Gasteiger partial charge in [-0.3, -0.25) is 14.2 Å². The molecule has 12 nitrogen and oxygen atoms in total. The lowest BCUT2D eigenvalue weighted by Crippen LogP contribution is -2.57. The number of rotatable bonds is 9. The average molecular weight is 604 g/mol. The zero-order valence-corrected chi connectivity index (χ0v) is 24.0. The molecule has 0 radical (unpaired) electrons. The Hall–Kier alpha value is -4.84. The number of hydrogen-bond acceptors (Lipinski definition) is 9. The summed E-state index contributed by atoms with van der Waals surface area (Å²) in [5.74, 6) is 2.54. The van der Waals surface area contributed by atoms with Crippen LogP contribution in [0.3, 0.4) is 0 Å². The van der Waals surface area contributed by atoms with Crippen molar-refractivity contribution in [3.05, 3.63) is 84.0 Å². The van der Waals surface area contributed by atoms with E-state index in [0.717, 1.165) is 5.56 Å². The fourth-order valence-electron chi connectivity index (χ4n) is 5.04. The summed E-state index contributed by atoms with van der Waals surface area (Å²) in [6.07, 6.45) is 5.04. The molecule has 2 aromatic carbocycles. The second-order valence-electron chi connectivity index (χ2n) is 10.1. The van der Waals surface area contributed by atoms with Crippen molar-refractivity contribution in [1.29, 1.82) is 0 Å². The molecule has 1 atom stereocenters. The maximum atomic E-state index is 13.4. The molecule has 0 saturated carbocycles. The second-order valence-corrected chi connectivity index (χ2v) is 10.5. The lowest BCUT2D eigenvalue weighted by Gasteiger charge is -2.41. The van der Waals surface area contributed by atoms with Crippen LogP contribution in [0.4, 0.5) is 5.82 Å². The van der Waals surface area contributed by atoms with Gasteiger partial charge in [0.1, 0.15) is 36.3 Å². The minimum absolute atomic E-state index is 0.0886. The highest BCUT2D eigenvalue weighted by atomic mass is 35.5. The van der Waals surface area contributed by atoms with Gasteiger partial charge >= 0.3 is 0 Å². The van der Waals surface area contributed by atoms with Gasteiger partial charge in [-0.2, -0.15) is 4.98 Å². The zero-order chi connectivity index (χ0) is 29.6. The Morgan fingerprint density at radius 2 is 1.86 bits per heavy atom. The van der Waals surface area contributed by atoms with E-state index in [1.54, 1.807) is 46.4 Å². The third-order valence-electron chi connectivity index (χ3n) is 7.15. The summed E-state index contributed by atoms with van der Waals surface area (Å²) in [5, 5.41) is 3.26. The number of amides is 2. The van der Waals surface area contributed by atoms with Crippen LogP contribution in [0.25, 0.3) is 5.95 Å². The largest absolute Gasteiger partial charge is 0.486 e. The van der Waals surface area contributed by atoms with Crippen LogP contribution in [0.5, 0.6) is 17.2 Å². The van der Waals surface area contributed by atoms with E-state index in [4.69, 9.17) is 25.8 Å². The molecule has 4 heterocycles. The van der Waals surface area contributed by atoms with Gasteiger partial charge in [0.15, 0.2) is 18.1 Å². The highest BCUT2D eigenvalue weighted by molar-refractivity contribution is 6.29. The van der Waals surface area contributed by atoms with Gasteiger partial charge in [-0.05, 0) is 29.8 Å². The SMILES string of the molecule is O=C(CC1CN(c2cc(Cl)nc(-n3ccnc3)n2)CCN1C(=O)COc1ccccc1)NCc1ccc2c(c1)OCCO2. The minimum atomic E-state index is -0.439. The van der Waals surface area contributed by atoms with Crippen LogP contribution >= 0.6 is 11.6 Å². The number of piperazine rings is 1. The molecular weight excluding hydrogens is 574 g/mol. The molecule has 4 aromatic rings. The number of anilines is 1. The van der Waals surface area contributed by atoms with Gasteiger partial charge in [-0.1, -0.05) is 35.9 Å². The number of carbonyl (C=O) groups is 2. The highest BCUT2D eigenvalue weighted by Crippen LogP contribution is 2.30. The topological polar surface area (TPSA) is 124 Å². The van der Waals surface area contributed by atoms with Crippen LogP contribution in [-0.4, -0.2) is 81.7 Å². The number of fused-ring (bicyclic) bond motifs is 1. The first-order valence-corrected chi connectivity index (χ1v) is 14.3. The van der Waals surface area contributed by atoms with E-state index in [1.165, 1.54) is 0 Å². The monoisotopic (exact) mass is 603 g/mol. The summed E-state index contributed by atoms with van der Waals surface area (Å²) in [6, 6.07) is 16.0. The van der Waals surface area contributed by atoms with Crippen LogP contribution in [0, 0.1) is 0 Å². The third-order valence-corrected chi connectivity index (χ3v) is 7.35. The number of imidazole rings is 1. The van der Waals surface area contributed by atoms with Gasteiger partial charge in [-0.25, -0.2) is 9.97 Å². The number of nitrogens with one attached hydrogen (secondary N) is 1. The molecular formula is C30H30ClN7O5. The number of hydrogen-bond donors (Lipinski definition) is 1. The molecule has 1 saturated heterocycles. The first kappa shape index (κ1) is 28.3. The molecule has 222 valence electrons. The lowest BCUT2D eigenvalue weighted by molar-refractivity contribution is -0.137. The number of nitrogens with zero attached hydrogens (tertiary/aromatic N) is 6. The first-order chi connectivity index (χ1) is 21.0. The van der Waals surface area contributed by atoms with Crippen molar-refractivity contribution in [3.63, 3.8) is 0 Å². The van der Waals surface area contributed by atoms with Gasteiger partial charge in [0.05, 0.1) is 6.04 Å². The molecule has 43 heavy (non-hydrogen) atoms. The lowest BCUT2D eigenvalue weighted by atomic mass is 10.1. The molecule has 2 aromatic heterocycles. The number of carbonyl (C=O) groups excluding carboxylic acids is 2. The van der Waals surface area contributed by atoms with Crippen molar-refractivity contribution in [2.24, 2.45) is 0 Å². The fraction of sp³-hybridized carbons (Fsp3) is 0.300.